The summed E-state index contributed by atoms with van der Waals surface area (Å²) in [5.41, 5.74) is 9.17. The average Bonchev–Trinajstić information content (AvgIpc) is 2.47. The van der Waals surface area contributed by atoms with E-state index in [0.29, 0.717) is 16.6 Å². The number of benzene rings is 2. The molecule has 0 aliphatic heterocycles. The summed E-state index contributed by atoms with van der Waals surface area (Å²) in [6.45, 7) is 2.56. The van der Waals surface area contributed by atoms with Crippen LogP contribution in [-0.2, 0) is 6.42 Å². The first-order chi connectivity index (χ1) is 10.1. The predicted molar refractivity (Wildman–Crippen MR) is 89.7 cm³/mol. The smallest absolute Gasteiger partial charge is 0.121 e. The third-order valence-corrected chi connectivity index (χ3v) is 4.40. The summed E-state index contributed by atoms with van der Waals surface area (Å²) < 4.78 is 5.30. The summed E-state index contributed by atoms with van der Waals surface area (Å²) in [7, 11) is 1.67. The maximum atomic E-state index is 6.25. The van der Waals surface area contributed by atoms with Crippen LogP contribution in [0.25, 0.3) is 0 Å². The standard InChI is InChI=1S/C17H19Cl2NO/c1-11-8-12(6-7-17(11)21-2)13(10-20)9-14-15(18)4-3-5-16(14)19/h3-8,13H,9-10,20H2,1-2H3. The van der Waals surface area contributed by atoms with Gasteiger partial charge in [-0.2, -0.15) is 0 Å². The van der Waals surface area contributed by atoms with Gasteiger partial charge < -0.3 is 10.5 Å². The van der Waals surface area contributed by atoms with E-state index >= 15 is 0 Å². The van der Waals surface area contributed by atoms with Gasteiger partial charge in [-0.1, -0.05) is 41.4 Å². The lowest BCUT2D eigenvalue weighted by Crippen LogP contribution is -2.15. The maximum absolute atomic E-state index is 6.25. The summed E-state index contributed by atoms with van der Waals surface area (Å²) in [5.74, 6) is 1.05. The van der Waals surface area contributed by atoms with E-state index in [9.17, 15) is 0 Å². The van der Waals surface area contributed by atoms with Gasteiger partial charge in [-0.3, -0.25) is 0 Å². The molecule has 2 N–H and O–H groups in total. The van der Waals surface area contributed by atoms with Gasteiger partial charge in [0.1, 0.15) is 5.75 Å². The zero-order valence-corrected chi connectivity index (χ0v) is 13.7. The summed E-state index contributed by atoms with van der Waals surface area (Å²) >= 11 is 12.5. The van der Waals surface area contributed by atoms with Gasteiger partial charge in [-0.05, 0) is 54.8 Å². The lowest BCUT2D eigenvalue weighted by Gasteiger charge is -2.18. The monoisotopic (exact) mass is 323 g/mol. The van der Waals surface area contributed by atoms with Gasteiger partial charge in [0, 0.05) is 16.0 Å². The molecule has 0 bridgehead atoms. The quantitative estimate of drug-likeness (QED) is 0.873. The van der Waals surface area contributed by atoms with E-state index in [1.807, 2.05) is 37.3 Å². The van der Waals surface area contributed by atoms with Gasteiger partial charge in [-0.15, -0.1) is 0 Å². The number of ether oxygens (including phenoxy) is 1. The third-order valence-electron chi connectivity index (χ3n) is 3.69. The van der Waals surface area contributed by atoms with Crippen LogP contribution in [0.15, 0.2) is 36.4 Å². The molecule has 0 aliphatic rings. The highest BCUT2D eigenvalue weighted by molar-refractivity contribution is 6.36. The van der Waals surface area contributed by atoms with Gasteiger partial charge in [0.25, 0.3) is 0 Å². The number of nitrogens with two attached hydrogens (primary N) is 1. The van der Waals surface area contributed by atoms with E-state index in [0.717, 1.165) is 23.3 Å². The Balaban J connectivity index is 2.30. The Labute approximate surface area is 135 Å². The van der Waals surface area contributed by atoms with Crippen molar-refractivity contribution in [3.05, 3.63) is 63.1 Å². The molecule has 2 aromatic carbocycles. The van der Waals surface area contributed by atoms with Crippen LogP contribution in [0.4, 0.5) is 0 Å². The molecular formula is C17H19Cl2NO. The van der Waals surface area contributed by atoms with E-state index in [2.05, 4.69) is 6.07 Å². The number of hydrogen-bond acceptors (Lipinski definition) is 2. The highest BCUT2D eigenvalue weighted by atomic mass is 35.5. The lowest BCUT2D eigenvalue weighted by molar-refractivity contribution is 0.411. The number of methoxy groups -OCH3 is 1. The van der Waals surface area contributed by atoms with E-state index in [4.69, 9.17) is 33.7 Å². The van der Waals surface area contributed by atoms with Crippen LogP contribution in [-0.4, -0.2) is 13.7 Å². The Morgan fingerprint density at radius 2 is 1.81 bits per heavy atom. The van der Waals surface area contributed by atoms with Gasteiger partial charge in [0.15, 0.2) is 0 Å². The minimum atomic E-state index is 0.173. The molecule has 2 nitrogen and oxygen atoms in total. The molecule has 21 heavy (non-hydrogen) atoms. The van der Waals surface area contributed by atoms with Gasteiger partial charge >= 0.3 is 0 Å². The van der Waals surface area contributed by atoms with Crippen molar-refractivity contribution < 1.29 is 4.74 Å². The van der Waals surface area contributed by atoms with Crippen LogP contribution in [0.1, 0.15) is 22.6 Å². The van der Waals surface area contributed by atoms with Gasteiger partial charge in [-0.25, -0.2) is 0 Å². The van der Waals surface area contributed by atoms with Crippen molar-refractivity contribution in [2.75, 3.05) is 13.7 Å². The fourth-order valence-electron chi connectivity index (χ4n) is 2.47. The second kappa shape index (κ2) is 7.17. The van der Waals surface area contributed by atoms with E-state index in [1.54, 1.807) is 7.11 Å². The topological polar surface area (TPSA) is 35.2 Å². The molecule has 0 aliphatic carbocycles. The normalized spacial score (nSPS) is 12.2. The van der Waals surface area contributed by atoms with Crippen LogP contribution >= 0.6 is 23.2 Å². The van der Waals surface area contributed by atoms with E-state index in [1.165, 1.54) is 5.56 Å². The van der Waals surface area contributed by atoms with Crippen molar-refractivity contribution in [3.63, 3.8) is 0 Å². The Morgan fingerprint density at radius 1 is 1.14 bits per heavy atom. The summed E-state index contributed by atoms with van der Waals surface area (Å²) in [5, 5.41) is 1.37. The first kappa shape index (κ1) is 16.2. The molecule has 0 saturated heterocycles. The van der Waals surface area contributed by atoms with Gasteiger partial charge in [0.2, 0.25) is 0 Å². The first-order valence-electron chi connectivity index (χ1n) is 6.84. The molecular weight excluding hydrogens is 305 g/mol. The highest BCUT2D eigenvalue weighted by Crippen LogP contribution is 2.31. The van der Waals surface area contributed by atoms with Crippen molar-refractivity contribution in [2.24, 2.45) is 5.73 Å². The third kappa shape index (κ3) is 3.70. The molecule has 1 unspecified atom stereocenters. The largest absolute Gasteiger partial charge is 0.496 e. The fourth-order valence-corrected chi connectivity index (χ4v) is 3.02. The van der Waals surface area contributed by atoms with Crippen molar-refractivity contribution in [2.45, 2.75) is 19.3 Å². The van der Waals surface area contributed by atoms with Crippen LogP contribution < -0.4 is 10.5 Å². The van der Waals surface area contributed by atoms with Crippen molar-refractivity contribution in [1.29, 1.82) is 0 Å². The number of aryl methyl sites for hydroxylation is 1. The zero-order chi connectivity index (χ0) is 15.4. The van der Waals surface area contributed by atoms with Crippen molar-refractivity contribution in [1.82, 2.24) is 0 Å². The molecule has 0 fully saturated rings. The van der Waals surface area contributed by atoms with Crippen LogP contribution in [0.5, 0.6) is 5.75 Å². The molecule has 0 saturated carbocycles. The van der Waals surface area contributed by atoms with E-state index < -0.39 is 0 Å². The van der Waals surface area contributed by atoms with Gasteiger partial charge in [0.05, 0.1) is 7.11 Å². The summed E-state index contributed by atoms with van der Waals surface area (Å²) in [6, 6.07) is 11.7. The molecule has 0 amide bonds. The second-order valence-corrected chi connectivity index (χ2v) is 5.88. The highest BCUT2D eigenvalue weighted by Gasteiger charge is 2.16. The van der Waals surface area contributed by atoms with Crippen molar-refractivity contribution in [3.8, 4) is 5.75 Å². The van der Waals surface area contributed by atoms with Crippen LogP contribution in [0.2, 0.25) is 10.0 Å². The van der Waals surface area contributed by atoms with Crippen LogP contribution in [0, 0.1) is 6.92 Å². The molecule has 112 valence electrons. The van der Waals surface area contributed by atoms with Crippen LogP contribution in [0.3, 0.4) is 0 Å². The molecule has 1 atom stereocenters. The zero-order valence-electron chi connectivity index (χ0n) is 12.2. The van der Waals surface area contributed by atoms with Crippen molar-refractivity contribution >= 4 is 23.2 Å². The number of rotatable bonds is 5. The van der Waals surface area contributed by atoms with E-state index in [-0.39, 0.29) is 5.92 Å². The molecule has 0 heterocycles. The minimum Gasteiger partial charge on any atom is -0.496 e. The predicted octanol–water partition coefficient (Wildman–Crippen LogP) is 4.60. The fraction of sp³-hybridized carbons (Fsp3) is 0.294. The molecule has 2 aromatic rings. The molecule has 0 spiro atoms. The molecule has 0 radical (unpaired) electrons. The lowest BCUT2D eigenvalue weighted by atomic mass is 9.91. The minimum absolute atomic E-state index is 0.173. The molecule has 4 heteroatoms. The Hall–Kier alpha value is -1.22. The Kier molecular flexibility index (Phi) is 5.51. The summed E-state index contributed by atoms with van der Waals surface area (Å²) in [6.07, 6.45) is 0.723. The number of halogens is 2. The maximum Gasteiger partial charge on any atom is 0.121 e. The number of hydrogen-bond donors (Lipinski definition) is 1. The summed E-state index contributed by atoms with van der Waals surface area (Å²) in [4.78, 5) is 0. The second-order valence-electron chi connectivity index (χ2n) is 5.07. The average molecular weight is 324 g/mol. The molecule has 2 rings (SSSR count). The first-order valence-corrected chi connectivity index (χ1v) is 7.60. The molecule has 0 aromatic heterocycles. The SMILES string of the molecule is COc1ccc(C(CN)Cc2c(Cl)cccc2Cl)cc1C. The Morgan fingerprint density at radius 3 is 2.33 bits per heavy atom. The Bertz CT molecular complexity index is 608.